The predicted molar refractivity (Wildman–Crippen MR) is 112 cm³/mol. The fraction of sp³-hybridized carbons (Fsp3) is 0.0909. The molecule has 0 radical (unpaired) electrons. The van der Waals surface area contributed by atoms with Crippen LogP contribution in [0.1, 0.15) is 4.88 Å². The maximum atomic E-state index is 13.5. The molecule has 0 fully saturated rings. The van der Waals surface area contributed by atoms with Gasteiger partial charge in [-0.2, -0.15) is 0 Å². The first-order valence-corrected chi connectivity index (χ1v) is 9.60. The quantitative estimate of drug-likeness (QED) is 0.614. The van der Waals surface area contributed by atoms with Crippen LogP contribution in [0.2, 0.25) is 0 Å². The molecule has 1 aromatic heterocycles. The van der Waals surface area contributed by atoms with Gasteiger partial charge in [0.05, 0.1) is 18.4 Å². The number of rotatable bonds is 5. The van der Waals surface area contributed by atoms with Crippen molar-refractivity contribution in [2.75, 3.05) is 24.0 Å². The monoisotopic (exact) mass is 390 g/mol. The van der Waals surface area contributed by atoms with E-state index in [0.717, 1.165) is 10.6 Å². The van der Waals surface area contributed by atoms with E-state index >= 15 is 0 Å². The van der Waals surface area contributed by atoms with Crippen LogP contribution in [-0.4, -0.2) is 26.0 Å². The third-order valence-corrected chi connectivity index (χ3v) is 5.52. The van der Waals surface area contributed by atoms with Gasteiger partial charge >= 0.3 is 0 Å². The number of carbonyl (C=O) groups excluding carboxylic acids is 2. The molecule has 0 unspecified atom stereocenters. The van der Waals surface area contributed by atoms with Crippen LogP contribution in [0.5, 0.6) is 5.75 Å². The average Bonchev–Trinajstić information content (AvgIpc) is 3.34. The lowest BCUT2D eigenvalue weighted by Crippen LogP contribution is -2.34. The van der Waals surface area contributed by atoms with Crippen molar-refractivity contribution in [1.82, 2.24) is 0 Å². The number of anilines is 2. The summed E-state index contributed by atoms with van der Waals surface area (Å²) in [5.74, 6) is -0.252. The van der Waals surface area contributed by atoms with E-state index in [1.165, 1.54) is 23.3 Å². The van der Waals surface area contributed by atoms with Gasteiger partial charge in [0.25, 0.3) is 11.8 Å². The van der Waals surface area contributed by atoms with Gasteiger partial charge in [-0.15, -0.1) is 11.3 Å². The number of ether oxygens (including phenoxy) is 1. The minimum atomic E-state index is -0.371. The van der Waals surface area contributed by atoms with E-state index in [9.17, 15) is 9.59 Å². The number of thiophene rings is 1. The Balaban J connectivity index is 1.87. The summed E-state index contributed by atoms with van der Waals surface area (Å²) in [4.78, 5) is 30.6. The topological polar surface area (TPSA) is 49.9 Å². The Morgan fingerprint density at radius 1 is 0.893 bits per heavy atom. The molecule has 0 atom stereocenters. The van der Waals surface area contributed by atoms with Crippen LogP contribution in [0.25, 0.3) is 5.57 Å². The van der Waals surface area contributed by atoms with Crippen LogP contribution in [0.4, 0.5) is 11.4 Å². The molecule has 6 heteroatoms. The number of methoxy groups -OCH3 is 1. The summed E-state index contributed by atoms with van der Waals surface area (Å²) in [5.41, 5.74) is 2.02. The number of para-hydroxylation sites is 3. The van der Waals surface area contributed by atoms with Gasteiger partial charge in [0.2, 0.25) is 0 Å². The molecule has 4 rings (SSSR count). The molecular formula is C22H18N2O3S. The molecule has 5 nitrogen and oxygen atoms in total. The Hall–Kier alpha value is -3.38. The maximum Gasteiger partial charge on any atom is 0.282 e. The Labute approximate surface area is 167 Å². The SMILES string of the molecule is COc1ccccc1N1C(=O)C(c2cccs2)=C(N(C)c2ccccc2)C1=O. The van der Waals surface area contributed by atoms with Crippen molar-refractivity contribution in [3.05, 3.63) is 82.7 Å². The summed E-state index contributed by atoms with van der Waals surface area (Å²) in [6, 6.07) is 20.3. The molecule has 0 aliphatic carbocycles. The summed E-state index contributed by atoms with van der Waals surface area (Å²) in [7, 11) is 3.32. The van der Waals surface area contributed by atoms with Crippen molar-refractivity contribution in [2.45, 2.75) is 0 Å². The third-order valence-electron chi connectivity index (χ3n) is 4.63. The van der Waals surface area contributed by atoms with E-state index < -0.39 is 0 Å². The summed E-state index contributed by atoms with van der Waals surface area (Å²) < 4.78 is 5.39. The van der Waals surface area contributed by atoms with Crippen molar-refractivity contribution in [3.63, 3.8) is 0 Å². The van der Waals surface area contributed by atoms with Crippen LogP contribution < -0.4 is 14.5 Å². The van der Waals surface area contributed by atoms with Crippen LogP contribution in [-0.2, 0) is 9.59 Å². The molecule has 3 aromatic rings. The van der Waals surface area contributed by atoms with Gasteiger partial charge < -0.3 is 9.64 Å². The van der Waals surface area contributed by atoms with Crippen LogP contribution >= 0.6 is 11.3 Å². The van der Waals surface area contributed by atoms with E-state index in [4.69, 9.17) is 4.74 Å². The van der Waals surface area contributed by atoms with Gasteiger partial charge in [-0.25, -0.2) is 4.90 Å². The van der Waals surface area contributed by atoms with Gasteiger partial charge in [-0.3, -0.25) is 9.59 Å². The first-order valence-electron chi connectivity index (χ1n) is 8.72. The minimum Gasteiger partial charge on any atom is -0.495 e. The lowest BCUT2D eigenvalue weighted by Gasteiger charge is -2.22. The van der Waals surface area contributed by atoms with Gasteiger partial charge in [0.1, 0.15) is 11.4 Å². The fourth-order valence-electron chi connectivity index (χ4n) is 3.29. The molecule has 2 aromatic carbocycles. The number of nitrogens with zero attached hydrogens (tertiary/aromatic N) is 2. The first-order chi connectivity index (χ1) is 13.6. The smallest absolute Gasteiger partial charge is 0.282 e. The van der Waals surface area contributed by atoms with E-state index in [1.807, 2.05) is 47.8 Å². The zero-order valence-electron chi connectivity index (χ0n) is 15.5. The van der Waals surface area contributed by atoms with E-state index in [0.29, 0.717) is 22.7 Å². The normalized spacial score (nSPS) is 14.0. The lowest BCUT2D eigenvalue weighted by molar-refractivity contribution is -0.120. The van der Waals surface area contributed by atoms with Crippen LogP contribution in [0.3, 0.4) is 0 Å². The fourth-order valence-corrected chi connectivity index (χ4v) is 4.05. The van der Waals surface area contributed by atoms with Crippen molar-refractivity contribution in [2.24, 2.45) is 0 Å². The number of benzene rings is 2. The van der Waals surface area contributed by atoms with E-state index in [1.54, 1.807) is 36.2 Å². The number of hydrogen-bond acceptors (Lipinski definition) is 5. The Bertz CT molecular complexity index is 1060. The second-order valence-corrected chi connectivity index (χ2v) is 7.16. The molecule has 0 saturated heterocycles. The Kier molecular flexibility index (Phi) is 4.71. The summed E-state index contributed by atoms with van der Waals surface area (Å²) in [6.07, 6.45) is 0. The van der Waals surface area contributed by atoms with Gasteiger partial charge in [-0.1, -0.05) is 36.4 Å². The van der Waals surface area contributed by atoms with Crippen molar-refractivity contribution >= 4 is 40.1 Å². The molecule has 0 N–H and O–H groups in total. The molecule has 1 aliphatic heterocycles. The molecule has 2 amide bonds. The second-order valence-electron chi connectivity index (χ2n) is 6.21. The summed E-state index contributed by atoms with van der Waals surface area (Å²) in [5, 5.41) is 1.89. The second kappa shape index (κ2) is 7.32. The molecule has 0 saturated carbocycles. The molecule has 0 bridgehead atoms. The van der Waals surface area contributed by atoms with Crippen LogP contribution in [0.15, 0.2) is 77.8 Å². The summed E-state index contributed by atoms with van der Waals surface area (Å²) in [6.45, 7) is 0. The number of amides is 2. The first kappa shape index (κ1) is 18.0. The average molecular weight is 390 g/mol. The van der Waals surface area contributed by atoms with Gasteiger partial charge in [0.15, 0.2) is 0 Å². The van der Waals surface area contributed by atoms with Gasteiger partial charge in [0, 0.05) is 17.6 Å². The lowest BCUT2D eigenvalue weighted by atomic mass is 10.1. The maximum absolute atomic E-state index is 13.5. The largest absolute Gasteiger partial charge is 0.495 e. The molecule has 140 valence electrons. The molecule has 1 aliphatic rings. The van der Waals surface area contributed by atoms with Crippen molar-refractivity contribution in [1.29, 1.82) is 0 Å². The standard InChI is InChI=1S/C22H18N2O3S/c1-23(15-9-4-3-5-10-15)20-19(18-13-8-14-28-18)21(25)24(22(20)26)16-11-6-7-12-17(16)27-2/h3-14H,1-2H3. The number of likely N-dealkylation sites (N-methyl/N-ethyl adjacent to an activating group) is 1. The highest BCUT2D eigenvalue weighted by Gasteiger charge is 2.43. The van der Waals surface area contributed by atoms with Gasteiger partial charge in [-0.05, 0) is 35.7 Å². The number of carbonyl (C=O) groups is 2. The Morgan fingerprint density at radius 3 is 2.29 bits per heavy atom. The zero-order valence-corrected chi connectivity index (χ0v) is 16.3. The summed E-state index contributed by atoms with van der Waals surface area (Å²) >= 11 is 1.43. The molecule has 0 spiro atoms. The van der Waals surface area contributed by atoms with Crippen molar-refractivity contribution < 1.29 is 14.3 Å². The van der Waals surface area contributed by atoms with Crippen LogP contribution in [0, 0.1) is 0 Å². The highest BCUT2D eigenvalue weighted by Crippen LogP contribution is 2.40. The Morgan fingerprint density at radius 2 is 1.61 bits per heavy atom. The number of hydrogen-bond donors (Lipinski definition) is 0. The van der Waals surface area contributed by atoms with E-state index in [-0.39, 0.29) is 11.8 Å². The molecular weight excluding hydrogens is 372 g/mol. The predicted octanol–water partition coefficient (Wildman–Crippen LogP) is 4.18. The highest BCUT2D eigenvalue weighted by atomic mass is 32.1. The number of imide groups is 1. The zero-order chi connectivity index (χ0) is 19.7. The molecule has 2 heterocycles. The minimum absolute atomic E-state index is 0.351. The third kappa shape index (κ3) is 2.88. The highest BCUT2D eigenvalue weighted by molar-refractivity contribution is 7.11. The van der Waals surface area contributed by atoms with Crippen molar-refractivity contribution in [3.8, 4) is 5.75 Å². The van der Waals surface area contributed by atoms with E-state index in [2.05, 4.69) is 0 Å². The molecule has 28 heavy (non-hydrogen) atoms.